The maximum atomic E-state index is 9.70. The number of benzene rings is 1. The highest BCUT2D eigenvalue weighted by molar-refractivity contribution is 7.16. The Morgan fingerprint density at radius 3 is 2.67 bits per heavy atom. The second-order valence-electron chi connectivity index (χ2n) is 7.97. The van der Waals surface area contributed by atoms with Crippen molar-refractivity contribution in [1.82, 2.24) is 0 Å². The van der Waals surface area contributed by atoms with Gasteiger partial charge in [-0.25, -0.2) is 4.99 Å². The zero-order chi connectivity index (χ0) is 19.6. The average molecular weight is 383 g/mol. The van der Waals surface area contributed by atoms with E-state index >= 15 is 0 Å². The Kier molecular flexibility index (Phi) is 5.57. The largest absolute Gasteiger partial charge is 0.497 e. The third kappa shape index (κ3) is 4.01. The Balaban J connectivity index is 1.92. The van der Waals surface area contributed by atoms with Crippen LogP contribution in [0.1, 0.15) is 48.8 Å². The van der Waals surface area contributed by atoms with Crippen molar-refractivity contribution in [1.29, 1.82) is 5.26 Å². The highest BCUT2D eigenvalue weighted by atomic mass is 32.1. The molecule has 0 saturated carbocycles. The molecule has 1 atom stereocenters. The number of hydrogen-bond acceptors (Lipinski definition) is 5. The molecule has 0 fully saturated rings. The second-order valence-corrected chi connectivity index (χ2v) is 9.05. The van der Waals surface area contributed by atoms with Gasteiger partial charge in [-0.3, -0.25) is 0 Å². The lowest BCUT2D eigenvalue weighted by Gasteiger charge is -2.33. The fraction of sp³-hybridized carbons (Fsp3) is 0.455. The number of hydrogen-bond donors (Lipinski definition) is 0. The van der Waals surface area contributed by atoms with Gasteiger partial charge in [-0.15, -0.1) is 11.3 Å². The van der Waals surface area contributed by atoms with Gasteiger partial charge in [0.05, 0.1) is 19.8 Å². The van der Waals surface area contributed by atoms with Crippen molar-refractivity contribution in [2.45, 2.75) is 40.0 Å². The van der Waals surface area contributed by atoms with E-state index in [0.717, 1.165) is 41.1 Å². The molecule has 0 saturated heterocycles. The molecular formula is C22H26N2O2S. The van der Waals surface area contributed by atoms with Gasteiger partial charge >= 0.3 is 0 Å². The van der Waals surface area contributed by atoms with Crippen LogP contribution in [0.4, 0.5) is 5.00 Å². The van der Waals surface area contributed by atoms with Crippen molar-refractivity contribution in [3.8, 4) is 17.6 Å². The van der Waals surface area contributed by atoms with Crippen LogP contribution in [0.5, 0.6) is 11.5 Å². The molecule has 2 aromatic rings. The number of fused-ring (bicyclic) bond motifs is 1. The molecule has 1 aromatic heterocycles. The smallest absolute Gasteiger partial charge is 0.134 e. The van der Waals surface area contributed by atoms with E-state index in [1.807, 2.05) is 18.2 Å². The lowest BCUT2D eigenvalue weighted by Crippen LogP contribution is -2.26. The highest BCUT2D eigenvalue weighted by Crippen LogP contribution is 2.44. The van der Waals surface area contributed by atoms with Gasteiger partial charge in [0, 0.05) is 22.7 Å². The number of methoxy groups -OCH3 is 2. The Hall–Kier alpha value is -2.32. The molecule has 5 heteroatoms. The molecule has 1 heterocycles. The average Bonchev–Trinajstić information content (AvgIpc) is 3.02. The zero-order valence-electron chi connectivity index (χ0n) is 16.6. The van der Waals surface area contributed by atoms with Crippen molar-refractivity contribution in [3.63, 3.8) is 0 Å². The molecule has 1 aliphatic carbocycles. The van der Waals surface area contributed by atoms with Gasteiger partial charge < -0.3 is 9.47 Å². The van der Waals surface area contributed by atoms with Gasteiger partial charge in [-0.2, -0.15) is 5.26 Å². The van der Waals surface area contributed by atoms with Gasteiger partial charge in [-0.1, -0.05) is 20.8 Å². The van der Waals surface area contributed by atoms with Crippen molar-refractivity contribution < 1.29 is 9.47 Å². The first kappa shape index (κ1) is 19.4. The van der Waals surface area contributed by atoms with Crippen LogP contribution in [0, 0.1) is 22.7 Å². The first-order valence-electron chi connectivity index (χ1n) is 9.18. The second kappa shape index (κ2) is 7.74. The molecule has 0 N–H and O–H groups in total. The molecule has 1 aromatic carbocycles. The monoisotopic (exact) mass is 382 g/mol. The summed E-state index contributed by atoms with van der Waals surface area (Å²) in [6.45, 7) is 6.91. The van der Waals surface area contributed by atoms with Crippen LogP contribution in [0.2, 0.25) is 0 Å². The van der Waals surface area contributed by atoms with E-state index in [1.165, 1.54) is 10.4 Å². The molecular weight excluding hydrogens is 356 g/mol. The van der Waals surface area contributed by atoms with Crippen LogP contribution in [0.15, 0.2) is 23.2 Å². The first-order chi connectivity index (χ1) is 12.9. The predicted octanol–water partition coefficient (Wildman–Crippen LogP) is 5.54. The Morgan fingerprint density at radius 2 is 2.04 bits per heavy atom. The zero-order valence-corrected chi connectivity index (χ0v) is 17.4. The highest BCUT2D eigenvalue weighted by Gasteiger charge is 2.32. The summed E-state index contributed by atoms with van der Waals surface area (Å²) in [4.78, 5) is 5.98. The van der Waals surface area contributed by atoms with E-state index < -0.39 is 0 Å². The summed E-state index contributed by atoms with van der Waals surface area (Å²) in [5, 5.41) is 10.5. The van der Waals surface area contributed by atoms with Crippen molar-refractivity contribution >= 4 is 22.6 Å². The van der Waals surface area contributed by atoms with Crippen LogP contribution in [-0.2, 0) is 12.8 Å². The fourth-order valence-corrected chi connectivity index (χ4v) is 4.79. The van der Waals surface area contributed by atoms with E-state index in [-0.39, 0.29) is 5.41 Å². The summed E-state index contributed by atoms with van der Waals surface area (Å²) in [6.07, 6.45) is 4.92. The quantitative estimate of drug-likeness (QED) is 0.653. The van der Waals surface area contributed by atoms with E-state index in [1.54, 1.807) is 31.8 Å². The SMILES string of the molecule is COc1ccc(C=Nc2sc3c(c2C#N)CC[C@H](C(C)(C)C)C3)c(OC)c1. The maximum Gasteiger partial charge on any atom is 0.134 e. The molecule has 0 bridgehead atoms. The Labute approximate surface area is 165 Å². The van der Waals surface area contributed by atoms with Crippen LogP contribution in [-0.4, -0.2) is 20.4 Å². The predicted molar refractivity (Wildman–Crippen MR) is 111 cm³/mol. The summed E-state index contributed by atoms with van der Waals surface area (Å²) < 4.78 is 10.7. The van der Waals surface area contributed by atoms with Gasteiger partial charge in [-0.05, 0) is 48.3 Å². The molecule has 142 valence electrons. The molecule has 4 nitrogen and oxygen atoms in total. The number of thiophene rings is 1. The van der Waals surface area contributed by atoms with Gasteiger partial charge in [0.15, 0.2) is 0 Å². The topological polar surface area (TPSA) is 54.6 Å². The summed E-state index contributed by atoms with van der Waals surface area (Å²) in [6, 6.07) is 8.01. The Morgan fingerprint density at radius 1 is 1.26 bits per heavy atom. The number of nitrogens with zero attached hydrogens (tertiary/aromatic N) is 2. The van der Waals surface area contributed by atoms with Gasteiger partial charge in [0.25, 0.3) is 0 Å². The lowest BCUT2D eigenvalue weighted by molar-refractivity contribution is 0.218. The molecule has 0 unspecified atom stereocenters. The summed E-state index contributed by atoms with van der Waals surface area (Å²) in [7, 11) is 3.26. The molecule has 0 amide bonds. The summed E-state index contributed by atoms with van der Waals surface area (Å²) in [5.74, 6) is 2.08. The molecule has 1 aliphatic rings. The maximum absolute atomic E-state index is 9.70. The normalized spacial score (nSPS) is 16.8. The minimum Gasteiger partial charge on any atom is -0.497 e. The Bertz CT molecular complexity index is 900. The van der Waals surface area contributed by atoms with E-state index in [0.29, 0.717) is 11.7 Å². The van der Waals surface area contributed by atoms with Crippen LogP contribution in [0.3, 0.4) is 0 Å². The van der Waals surface area contributed by atoms with Crippen molar-refractivity contribution in [2.24, 2.45) is 16.3 Å². The number of ether oxygens (including phenoxy) is 2. The molecule has 0 spiro atoms. The minimum absolute atomic E-state index is 0.286. The molecule has 3 rings (SSSR count). The van der Waals surface area contributed by atoms with E-state index in [4.69, 9.17) is 9.47 Å². The van der Waals surface area contributed by atoms with Gasteiger partial charge in [0.2, 0.25) is 0 Å². The first-order valence-corrected chi connectivity index (χ1v) is 9.99. The minimum atomic E-state index is 0.286. The van der Waals surface area contributed by atoms with Crippen LogP contribution >= 0.6 is 11.3 Å². The summed E-state index contributed by atoms with van der Waals surface area (Å²) >= 11 is 1.66. The molecule has 27 heavy (non-hydrogen) atoms. The van der Waals surface area contributed by atoms with E-state index in [9.17, 15) is 5.26 Å². The van der Waals surface area contributed by atoms with E-state index in [2.05, 4.69) is 31.8 Å². The molecule has 0 aliphatic heterocycles. The van der Waals surface area contributed by atoms with Crippen LogP contribution < -0.4 is 9.47 Å². The fourth-order valence-electron chi connectivity index (χ4n) is 3.57. The third-order valence-electron chi connectivity index (χ3n) is 5.34. The molecule has 0 radical (unpaired) electrons. The van der Waals surface area contributed by atoms with Crippen molar-refractivity contribution in [3.05, 3.63) is 39.8 Å². The number of rotatable bonds is 4. The number of aliphatic imine (C=N–C) groups is 1. The summed E-state index contributed by atoms with van der Waals surface area (Å²) in [5.41, 5.74) is 3.10. The lowest BCUT2D eigenvalue weighted by atomic mass is 9.72. The van der Waals surface area contributed by atoms with Gasteiger partial charge in [0.1, 0.15) is 22.6 Å². The standard InChI is InChI=1S/C22H26N2O2S/c1-22(2,3)15-7-9-17-18(12-23)21(27-20(17)10-15)24-13-14-6-8-16(25-4)11-19(14)26-5/h6,8,11,13,15H,7,9-10H2,1-5H3/t15-/m0/s1. The number of nitriles is 1. The third-order valence-corrected chi connectivity index (χ3v) is 6.51. The van der Waals surface area contributed by atoms with Crippen molar-refractivity contribution in [2.75, 3.05) is 14.2 Å². The van der Waals surface area contributed by atoms with Crippen LogP contribution in [0.25, 0.3) is 0 Å².